The Balaban J connectivity index is 1.97. The van der Waals surface area contributed by atoms with Gasteiger partial charge in [-0.3, -0.25) is 4.79 Å². The van der Waals surface area contributed by atoms with Gasteiger partial charge in [0.15, 0.2) is 6.10 Å². The van der Waals surface area contributed by atoms with Crippen molar-refractivity contribution >= 4 is 29.2 Å². The van der Waals surface area contributed by atoms with Crippen molar-refractivity contribution in [2.45, 2.75) is 19.6 Å². The lowest BCUT2D eigenvalue weighted by Gasteiger charge is -2.14. The summed E-state index contributed by atoms with van der Waals surface area (Å²) in [7, 11) is 0. The molecule has 0 aliphatic heterocycles. The van der Waals surface area contributed by atoms with Gasteiger partial charge in [-0.2, -0.15) is 8.78 Å². The Morgan fingerprint density at radius 3 is 2.44 bits per heavy atom. The number of rotatable bonds is 6. The largest absolute Gasteiger partial charge is 0.449 e. The SMILES string of the molecule is C[C@H](OC(=O)c1cccc(OC(F)F)c1)C(=O)Nc1ccc(Cl)cc1. The molecular formula is C17H14ClF2NO4. The molecule has 0 heterocycles. The summed E-state index contributed by atoms with van der Waals surface area (Å²) in [6.45, 7) is -1.61. The second-order valence-corrected chi connectivity index (χ2v) is 5.39. The molecule has 1 N–H and O–H groups in total. The van der Waals surface area contributed by atoms with Crippen LogP contribution in [0.15, 0.2) is 48.5 Å². The summed E-state index contributed by atoms with van der Waals surface area (Å²) in [5.41, 5.74) is 0.480. The quantitative estimate of drug-likeness (QED) is 0.778. The van der Waals surface area contributed by atoms with E-state index in [1.54, 1.807) is 24.3 Å². The van der Waals surface area contributed by atoms with Crippen LogP contribution in [0, 0.1) is 0 Å². The number of alkyl halides is 2. The predicted molar refractivity (Wildman–Crippen MR) is 88.0 cm³/mol. The average molecular weight is 370 g/mol. The molecule has 1 amide bonds. The first-order valence-electron chi connectivity index (χ1n) is 7.17. The van der Waals surface area contributed by atoms with E-state index in [0.29, 0.717) is 10.7 Å². The summed E-state index contributed by atoms with van der Waals surface area (Å²) in [5, 5.41) is 3.08. The normalized spacial score (nSPS) is 11.7. The number of esters is 1. The zero-order valence-electron chi connectivity index (χ0n) is 13.0. The molecule has 0 spiro atoms. The number of nitrogens with one attached hydrogen (secondary N) is 1. The van der Waals surface area contributed by atoms with E-state index in [2.05, 4.69) is 10.1 Å². The number of benzene rings is 2. The molecule has 0 saturated heterocycles. The number of hydrogen-bond acceptors (Lipinski definition) is 4. The van der Waals surface area contributed by atoms with Crippen LogP contribution < -0.4 is 10.1 Å². The molecule has 1 atom stereocenters. The molecule has 0 radical (unpaired) electrons. The molecule has 0 bridgehead atoms. The second kappa shape index (κ2) is 8.43. The monoisotopic (exact) mass is 369 g/mol. The van der Waals surface area contributed by atoms with Crippen molar-refractivity contribution in [1.29, 1.82) is 0 Å². The van der Waals surface area contributed by atoms with Gasteiger partial charge in [-0.1, -0.05) is 17.7 Å². The van der Waals surface area contributed by atoms with Gasteiger partial charge in [0.25, 0.3) is 5.91 Å². The standard InChI is InChI=1S/C17H14ClF2NO4/c1-10(15(22)21-13-7-5-12(18)6-8-13)24-16(23)11-3-2-4-14(9-11)25-17(19)20/h2-10,17H,1H3,(H,21,22)/t10-/m0/s1. The first kappa shape index (κ1) is 18.7. The Morgan fingerprint density at radius 1 is 1.12 bits per heavy atom. The Bertz CT molecular complexity index is 753. The van der Waals surface area contributed by atoms with Crippen molar-refractivity contribution in [3.8, 4) is 5.75 Å². The van der Waals surface area contributed by atoms with Crippen LogP contribution in [0.5, 0.6) is 5.75 Å². The summed E-state index contributed by atoms with van der Waals surface area (Å²) in [5.74, 6) is -1.56. The third kappa shape index (κ3) is 5.72. The fourth-order valence-electron chi connectivity index (χ4n) is 1.86. The molecule has 5 nitrogen and oxygen atoms in total. The summed E-state index contributed by atoms with van der Waals surface area (Å²) in [6, 6.07) is 11.5. The first-order chi connectivity index (χ1) is 11.8. The van der Waals surface area contributed by atoms with Gasteiger partial charge in [0.2, 0.25) is 0 Å². The maximum absolute atomic E-state index is 12.2. The van der Waals surface area contributed by atoms with Crippen molar-refractivity contribution < 1.29 is 27.8 Å². The summed E-state index contributed by atoms with van der Waals surface area (Å²) >= 11 is 5.75. The van der Waals surface area contributed by atoms with Crippen molar-refractivity contribution in [3.05, 3.63) is 59.1 Å². The highest BCUT2D eigenvalue weighted by Crippen LogP contribution is 2.18. The second-order valence-electron chi connectivity index (χ2n) is 4.95. The van der Waals surface area contributed by atoms with Crippen LogP contribution in [0.25, 0.3) is 0 Å². The van der Waals surface area contributed by atoms with Crippen molar-refractivity contribution in [2.75, 3.05) is 5.32 Å². The molecule has 0 aromatic heterocycles. The van der Waals surface area contributed by atoms with Gasteiger partial charge in [-0.15, -0.1) is 0 Å². The molecule has 132 valence electrons. The third-order valence-electron chi connectivity index (χ3n) is 3.06. The molecule has 0 unspecified atom stereocenters. The highest BCUT2D eigenvalue weighted by Gasteiger charge is 2.19. The van der Waals surface area contributed by atoms with Crippen LogP contribution in [0.3, 0.4) is 0 Å². The van der Waals surface area contributed by atoms with Crippen molar-refractivity contribution in [2.24, 2.45) is 0 Å². The topological polar surface area (TPSA) is 64.6 Å². The number of amides is 1. The van der Waals surface area contributed by atoms with E-state index in [4.69, 9.17) is 16.3 Å². The molecule has 0 saturated carbocycles. The minimum absolute atomic E-state index is 0.00991. The van der Waals surface area contributed by atoms with Crippen LogP contribution in [-0.4, -0.2) is 24.6 Å². The molecule has 2 rings (SSSR count). The van der Waals surface area contributed by atoms with Gasteiger partial charge in [-0.25, -0.2) is 4.79 Å². The predicted octanol–water partition coefficient (Wildman–Crippen LogP) is 4.13. The Hall–Kier alpha value is -2.67. The summed E-state index contributed by atoms with van der Waals surface area (Å²) < 4.78 is 33.7. The van der Waals surface area contributed by atoms with Crippen LogP contribution in [-0.2, 0) is 9.53 Å². The van der Waals surface area contributed by atoms with E-state index < -0.39 is 24.6 Å². The minimum Gasteiger partial charge on any atom is -0.449 e. The number of hydrogen-bond donors (Lipinski definition) is 1. The number of carbonyl (C=O) groups is 2. The van der Waals surface area contributed by atoms with Gasteiger partial charge < -0.3 is 14.8 Å². The van der Waals surface area contributed by atoms with Gasteiger partial charge in [-0.05, 0) is 49.4 Å². The third-order valence-corrected chi connectivity index (χ3v) is 3.31. The summed E-state index contributed by atoms with van der Waals surface area (Å²) in [4.78, 5) is 24.1. The van der Waals surface area contributed by atoms with E-state index in [1.165, 1.54) is 25.1 Å². The maximum Gasteiger partial charge on any atom is 0.387 e. The molecule has 8 heteroatoms. The van der Waals surface area contributed by atoms with Gasteiger partial charge in [0.05, 0.1) is 5.56 Å². The average Bonchev–Trinajstić information content (AvgIpc) is 2.56. The molecule has 2 aromatic carbocycles. The van der Waals surface area contributed by atoms with E-state index in [-0.39, 0.29) is 11.3 Å². The number of carbonyl (C=O) groups excluding carboxylic acids is 2. The Labute approximate surface area is 147 Å². The molecule has 0 fully saturated rings. The number of ether oxygens (including phenoxy) is 2. The minimum atomic E-state index is -3.00. The van der Waals surface area contributed by atoms with Crippen LogP contribution in [0.1, 0.15) is 17.3 Å². The summed E-state index contributed by atoms with van der Waals surface area (Å²) in [6.07, 6.45) is -1.09. The van der Waals surface area contributed by atoms with E-state index in [0.717, 1.165) is 6.07 Å². The van der Waals surface area contributed by atoms with Gasteiger partial charge in [0.1, 0.15) is 5.75 Å². The van der Waals surface area contributed by atoms with Gasteiger partial charge >= 0.3 is 12.6 Å². The van der Waals surface area contributed by atoms with E-state index >= 15 is 0 Å². The molecule has 0 aliphatic carbocycles. The lowest BCUT2D eigenvalue weighted by Crippen LogP contribution is -2.30. The molecule has 2 aromatic rings. The Kier molecular flexibility index (Phi) is 6.30. The lowest BCUT2D eigenvalue weighted by molar-refractivity contribution is -0.123. The molecule has 0 aliphatic rings. The zero-order chi connectivity index (χ0) is 18.4. The smallest absolute Gasteiger partial charge is 0.387 e. The fourth-order valence-corrected chi connectivity index (χ4v) is 1.98. The number of anilines is 1. The van der Waals surface area contributed by atoms with Crippen molar-refractivity contribution in [1.82, 2.24) is 0 Å². The molecular weight excluding hydrogens is 356 g/mol. The lowest BCUT2D eigenvalue weighted by atomic mass is 10.2. The van der Waals surface area contributed by atoms with Crippen LogP contribution >= 0.6 is 11.6 Å². The Morgan fingerprint density at radius 2 is 1.80 bits per heavy atom. The fraction of sp³-hybridized carbons (Fsp3) is 0.176. The van der Waals surface area contributed by atoms with Crippen molar-refractivity contribution in [3.63, 3.8) is 0 Å². The van der Waals surface area contributed by atoms with E-state index in [9.17, 15) is 18.4 Å². The highest BCUT2D eigenvalue weighted by molar-refractivity contribution is 6.30. The first-order valence-corrected chi connectivity index (χ1v) is 7.55. The zero-order valence-corrected chi connectivity index (χ0v) is 13.8. The maximum atomic E-state index is 12.2. The number of halogens is 3. The van der Waals surface area contributed by atoms with Crippen LogP contribution in [0.2, 0.25) is 5.02 Å². The van der Waals surface area contributed by atoms with Gasteiger partial charge in [0, 0.05) is 10.7 Å². The van der Waals surface area contributed by atoms with Crippen LogP contribution in [0.4, 0.5) is 14.5 Å². The molecule has 25 heavy (non-hydrogen) atoms. The van der Waals surface area contributed by atoms with E-state index in [1.807, 2.05) is 0 Å². The highest BCUT2D eigenvalue weighted by atomic mass is 35.5.